The van der Waals surface area contributed by atoms with Gasteiger partial charge in [-0.05, 0) is 25.1 Å². The monoisotopic (exact) mass is 281 g/mol. The summed E-state index contributed by atoms with van der Waals surface area (Å²) in [6.45, 7) is 2.09. The number of aryl methyl sites for hydroxylation is 1. The van der Waals surface area contributed by atoms with Gasteiger partial charge in [0, 0.05) is 16.6 Å². The maximum atomic E-state index is 13.7. The number of nitrogens with two attached hydrogens (primary N) is 1. The summed E-state index contributed by atoms with van der Waals surface area (Å²) in [5.41, 5.74) is 6.56. The van der Waals surface area contributed by atoms with Crippen LogP contribution in [0.15, 0.2) is 28.7 Å². The minimum absolute atomic E-state index is 0.0994. The van der Waals surface area contributed by atoms with Crippen molar-refractivity contribution in [1.29, 1.82) is 0 Å². The molecule has 100 valence electrons. The molecule has 2 rings (SSSR count). The summed E-state index contributed by atoms with van der Waals surface area (Å²) in [6, 6.07) is 4.10. The van der Waals surface area contributed by atoms with E-state index in [1.165, 1.54) is 23.5 Å². The Kier molecular flexibility index (Phi) is 3.96. The second kappa shape index (κ2) is 5.66. The summed E-state index contributed by atoms with van der Waals surface area (Å²) >= 11 is 1.46. The number of amidine groups is 1. The highest BCUT2D eigenvalue weighted by molar-refractivity contribution is 7.09. The van der Waals surface area contributed by atoms with Gasteiger partial charge in [0.05, 0.1) is 0 Å². The largest absolute Gasteiger partial charge is 0.483 e. The third kappa shape index (κ3) is 3.19. The van der Waals surface area contributed by atoms with Gasteiger partial charge in [0.15, 0.2) is 17.4 Å². The van der Waals surface area contributed by atoms with Crippen molar-refractivity contribution in [3.05, 3.63) is 45.7 Å². The molecule has 19 heavy (non-hydrogen) atoms. The normalized spacial score (nSPS) is 11.6. The average Bonchev–Trinajstić information content (AvgIpc) is 2.82. The van der Waals surface area contributed by atoms with E-state index in [4.69, 9.17) is 15.7 Å². The minimum atomic E-state index is -0.572. The van der Waals surface area contributed by atoms with E-state index in [2.05, 4.69) is 10.1 Å². The number of rotatable bonds is 4. The molecule has 0 aliphatic carbocycles. The van der Waals surface area contributed by atoms with Gasteiger partial charge in [0.25, 0.3) is 0 Å². The lowest BCUT2D eigenvalue weighted by Crippen LogP contribution is -2.13. The van der Waals surface area contributed by atoms with Gasteiger partial charge in [0.1, 0.15) is 11.6 Å². The molecule has 0 atom stereocenters. The fraction of sp³-hybridized carbons (Fsp3) is 0.167. The SMILES string of the molecule is Cc1csc(COc2ccc(/C(N)=N/O)cc2F)n1. The summed E-state index contributed by atoms with van der Waals surface area (Å²) in [7, 11) is 0. The number of aromatic nitrogens is 1. The Labute approximate surface area is 113 Å². The molecule has 0 amide bonds. The van der Waals surface area contributed by atoms with Crippen LogP contribution in [0.1, 0.15) is 16.3 Å². The summed E-state index contributed by atoms with van der Waals surface area (Å²) < 4.78 is 19.1. The van der Waals surface area contributed by atoms with Gasteiger partial charge in [-0.2, -0.15) is 0 Å². The molecule has 0 spiro atoms. The molecule has 2 aromatic rings. The molecular formula is C12H12FN3O2S. The first-order valence-corrected chi connectivity index (χ1v) is 6.29. The van der Waals surface area contributed by atoms with E-state index < -0.39 is 5.82 Å². The van der Waals surface area contributed by atoms with Crippen molar-refractivity contribution in [3.8, 4) is 5.75 Å². The van der Waals surface area contributed by atoms with Crippen LogP contribution in [0.5, 0.6) is 5.75 Å². The molecule has 0 unspecified atom stereocenters. The molecule has 0 aliphatic heterocycles. The highest BCUT2D eigenvalue weighted by Gasteiger charge is 2.08. The summed E-state index contributed by atoms with van der Waals surface area (Å²) in [5.74, 6) is -0.624. The maximum absolute atomic E-state index is 13.7. The van der Waals surface area contributed by atoms with Crippen molar-refractivity contribution in [2.45, 2.75) is 13.5 Å². The summed E-state index contributed by atoms with van der Waals surface area (Å²) in [5, 5.41) is 14.0. The van der Waals surface area contributed by atoms with E-state index in [1.54, 1.807) is 0 Å². The minimum Gasteiger partial charge on any atom is -0.483 e. The smallest absolute Gasteiger partial charge is 0.170 e. The molecule has 0 aliphatic rings. The molecule has 0 radical (unpaired) electrons. The number of hydrogen-bond donors (Lipinski definition) is 2. The van der Waals surface area contributed by atoms with Crippen LogP contribution in [0.25, 0.3) is 0 Å². The lowest BCUT2D eigenvalue weighted by atomic mass is 10.2. The number of benzene rings is 1. The third-order valence-corrected chi connectivity index (χ3v) is 3.29. The molecule has 1 aromatic heterocycles. The highest BCUT2D eigenvalue weighted by Crippen LogP contribution is 2.20. The summed E-state index contributed by atoms with van der Waals surface area (Å²) in [4.78, 5) is 4.21. The predicted molar refractivity (Wildman–Crippen MR) is 70.1 cm³/mol. The number of hydrogen-bond acceptors (Lipinski definition) is 5. The van der Waals surface area contributed by atoms with Gasteiger partial charge in [0.2, 0.25) is 0 Å². The Hall–Kier alpha value is -2.15. The van der Waals surface area contributed by atoms with E-state index in [1.807, 2.05) is 12.3 Å². The van der Waals surface area contributed by atoms with Crippen molar-refractivity contribution < 1.29 is 14.3 Å². The van der Waals surface area contributed by atoms with E-state index in [0.29, 0.717) is 0 Å². The van der Waals surface area contributed by atoms with Crippen molar-refractivity contribution in [1.82, 2.24) is 4.98 Å². The van der Waals surface area contributed by atoms with Gasteiger partial charge in [-0.1, -0.05) is 5.16 Å². The Morgan fingerprint density at radius 1 is 1.58 bits per heavy atom. The highest BCUT2D eigenvalue weighted by atomic mass is 32.1. The molecule has 0 saturated carbocycles. The van der Waals surface area contributed by atoms with Crippen molar-refractivity contribution >= 4 is 17.2 Å². The van der Waals surface area contributed by atoms with Crippen LogP contribution < -0.4 is 10.5 Å². The molecule has 7 heteroatoms. The number of ether oxygens (including phenoxy) is 1. The molecular weight excluding hydrogens is 269 g/mol. The van der Waals surface area contributed by atoms with Gasteiger partial charge < -0.3 is 15.7 Å². The van der Waals surface area contributed by atoms with Crippen LogP contribution >= 0.6 is 11.3 Å². The van der Waals surface area contributed by atoms with E-state index in [-0.39, 0.29) is 23.8 Å². The zero-order chi connectivity index (χ0) is 13.8. The van der Waals surface area contributed by atoms with Crippen LogP contribution in [0.2, 0.25) is 0 Å². The number of halogens is 1. The fourth-order valence-electron chi connectivity index (χ4n) is 1.44. The number of oxime groups is 1. The van der Waals surface area contributed by atoms with Gasteiger partial charge in [-0.25, -0.2) is 9.37 Å². The topological polar surface area (TPSA) is 80.7 Å². The Morgan fingerprint density at radius 2 is 2.37 bits per heavy atom. The van der Waals surface area contributed by atoms with Crippen molar-refractivity contribution in [2.24, 2.45) is 10.9 Å². The third-order valence-electron chi connectivity index (χ3n) is 2.35. The molecule has 0 bridgehead atoms. The Bertz CT molecular complexity index is 613. The van der Waals surface area contributed by atoms with Crippen LogP contribution in [0.3, 0.4) is 0 Å². The molecule has 0 fully saturated rings. The first-order chi connectivity index (χ1) is 9.10. The Balaban J connectivity index is 2.09. The first kappa shape index (κ1) is 13.3. The quantitative estimate of drug-likeness (QED) is 0.390. The van der Waals surface area contributed by atoms with Gasteiger partial charge >= 0.3 is 0 Å². The van der Waals surface area contributed by atoms with Crippen LogP contribution in [0, 0.1) is 12.7 Å². The standard InChI is InChI=1S/C12H12FN3O2S/c1-7-6-19-11(15-7)5-18-10-3-2-8(4-9(10)13)12(14)16-17/h2-4,6,17H,5H2,1H3,(H2,14,16). The zero-order valence-electron chi connectivity index (χ0n) is 10.1. The predicted octanol–water partition coefficient (Wildman–Crippen LogP) is 2.26. The van der Waals surface area contributed by atoms with E-state index in [9.17, 15) is 4.39 Å². The molecule has 0 saturated heterocycles. The Morgan fingerprint density at radius 3 is 2.95 bits per heavy atom. The molecule has 3 N–H and O–H groups in total. The zero-order valence-corrected chi connectivity index (χ0v) is 10.9. The van der Waals surface area contributed by atoms with Crippen molar-refractivity contribution in [2.75, 3.05) is 0 Å². The molecule has 1 heterocycles. The van der Waals surface area contributed by atoms with Gasteiger partial charge in [-0.3, -0.25) is 0 Å². The second-order valence-corrected chi connectivity index (χ2v) is 4.74. The second-order valence-electron chi connectivity index (χ2n) is 3.80. The molecule has 1 aromatic carbocycles. The van der Waals surface area contributed by atoms with Crippen LogP contribution in [-0.4, -0.2) is 16.0 Å². The average molecular weight is 281 g/mol. The van der Waals surface area contributed by atoms with Gasteiger partial charge in [-0.15, -0.1) is 11.3 Å². The lowest BCUT2D eigenvalue weighted by Gasteiger charge is -2.06. The van der Waals surface area contributed by atoms with Crippen molar-refractivity contribution in [3.63, 3.8) is 0 Å². The van der Waals surface area contributed by atoms with Crippen LogP contribution in [0.4, 0.5) is 4.39 Å². The maximum Gasteiger partial charge on any atom is 0.170 e. The number of nitrogens with zero attached hydrogens (tertiary/aromatic N) is 2. The molecule has 5 nitrogen and oxygen atoms in total. The fourth-order valence-corrected chi connectivity index (χ4v) is 2.13. The van der Waals surface area contributed by atoms with Crippen LogP contribution in [-0.2, 0) is 6.61 Å². The lowest BCUT2D eigenvalue weighted by molar-refractivity contribution is 0.289. The number of thiazole rings is 1. The summed E-state index contributed by atoms with van der Waals surface area (Å²) in [6.07, 6.45) is 0. The van der Waals surface area contributed by atoms with E-state index >= 15 is 0 Å². The first-order valence-electron chi connectivity index (χ1n) is 5.41. The van der Waals surface area contributed by atoms with E-state index in [0.717, 1.165) is 16.8 Å².